The topological polar surface area (TPSA) is 49.6 Å². The molecule has 1 aliphatic heterocycles. The van der Waals surface area contributed by atoms with Gasteiger partial charge in [-0.15, -0.1) is 0 Å². The fraction of sp³-hybridized carbons (Fsp3) is 0.250. The van der Waals surface area contributed by atoms with Crippen molar-refractivity contribution >= 4 is 11.7 Å². The maximum atomic E-state index is 11.5. The van der Waals surface area contributed by atoms with Crippen LogP contribution >= 0.6 is 0 Å². The van der Waals surface area contributed by atoms with Gasteiger partial charge >= 0.3 is 6.03 Å². The molecule has 4 nitrogen and oxygen atoms in total. The highest BCUT2D eigenvalue weighted by atomic mass is 16.2. The predicted octanol–water partition coefficient (Wildman–Crippen LogP) is 1.75. The zero-order valence-electron chi connectivity index (χ0n) is 9.04. The van der Waals surface area contributed by atoms with Crippen molar-refractivity contribution in [2.75, 3.05) is 18.1 Å². The Labute approximate surface area is 94.9 Å². The average molecular weight is 217 g/mol. The Morgan fingerprint density at radius 2 is 2.00 bits per heavy atom. The molecule has 2 rings (SSSR count). The highest BCUT2D eigenvalue weighted by Gasteiger charge is 2.20. The maximum Gasteiger partial charge on any atom is 0.334 e. The minimum absolute atomic E-state index is 0.443. The van der Waals surface area contributed by atoms with Crippen LogP contribution in [0.25, 0.3) is 0 Å². The van der Waals surface area contributed by atoms with E-state index in [1.807, 2.05) is 41.4 Å². The molecular formula is C12H15N3O. The Balaban J connectivity index is 2.24. The summed E-state index contributed by atoms with van der Waals surface area (Å²) in [5.41, 5.74) is 6.23. The fourth-order valence-corrected chi connectivity index (χ4v) is 1.81. The molecule has 2 amide bonds. The van der Waals surface area contributed by atoms with Gasteiger partial charge in [0.15, 0.2) is 0 Å². The van der Waals surface area contributed by atoms with E-state index in [1.165, 1.54) is 5.01 Å². The smallest absolute Gasteiger partial charge is 0.334 e. The summed E-state index contributed by atoms with van der Waals surface area (Å²) in [6, 6.07) is 9.02. The molecule has 0 spiro atoms. The summed E-state index contributed by atoms with van der Waals surface area (Å²) in [6.07, 6.45) is 5.10. The van der Waals surface area contributed by atoms with Crippen LogP contribution in [-0.4, -0.2) is 24.1 Å². The third-order valence-electron chi connectivity index (χ3n) is 2.53. The van der Waals surface area contributed by atoms with Gasteiger partial charge in [0.2, 0.25) is 0 Å². The number of amides is 2. The zero-order chi connectivity index (χ0) is 11.4. The number of nitrogens with zero attached hydrogens (tertiary/aromatic N) is 2. The maximum absolute atomic E-state index is 11.5. The molecular weight excluding hydrogens is 202 g/mol. The number of benzene rings is 1. The summed E-state index contributed by atoms with van der Waals surface area (Å²) in [7, 11) is 0. The van der Waals surface area contributed by atoms with Gasteiger partial charge in [0.05, 0.1) is 5.69 Å². The summed E-state index contributed by atoms with van der Waals surface area (Å²) in [4.78, 5) is 11.5. The largest absolute Gasteiger partial charge is 0.350 e. The van der Waals surface area contributed by atoms with Gasteiger partial charge in [-0.2, -0.15) is 0 Å². The second-order valence-corrected chi connectivity index (χ2v) is 3.66. The quantitative estimate of drug-likeness (QED) is 0.767. The Kier molecular flexibility index (Phi) is 3.22. The van der Waals surface area contributed by atoms with E-state index < -0.39 is 6.03 Å². The van der Waals surface area contributed by atoms with E-state index in [-0.39, 0.29) is 0 Å². The number of hydrazine groups is 1. The van der Waals surface area contributed by atoms with E-state index in [9.17, 15) is 4.79 Å². The average Bonchev–Trinajstić information content (AvgIpc) is 2.31. The summed E-state index contributed by atoms with van der Waals surface area (Å²) in [5.74, 6) is 0. The monoisotopic (exact) mass is 217 g/mol. The van der Waals surface area contributed by atoms with Crippen molar-refractivity contribution in [3.05, 3.63) is 42.5 Å². The van der Waals surface area contributed by atoms with E-state index in [4.69, 9.17) is 5.73 Å². The predicted molar refractivity (Wildman–Crippen MR) is 63.8 cm³/mol. The van der Waals surface area contributed by atoms with E-state index in [0.717, 1.165) is 25.2 Å². The standard InChI is InChI=1S/C12H15N3O/c13-12(16)15(11-7-3-1-4-8-11)14-9-5-2-6-10-14/h1-5,7-8H,6,9-10H2,(H2,13,16). The van der Waals surface area contributed by atoms with E-state index in [1.54, 1.807) is 0 Å². The van der Waals surface area contributed by atoms with Crippen LogP contribution in [0, 0.1) is 0 Å². The van der Waals surface area contributed by atoms with Crippen LogP contribution in [0.4, 0.5) is 10.5 Å². The molecule has 0 saturated heterocycles. The van der Waals surface area contributed by atoms with Crippen molar-refractivity contribution in [2.24, 2.45) is 5.73 Å². The van der Waals surface area contributed by atoms with Gasteiger partial charge in [-0.25, -0.2) is 14.8 Å². The second-order valence-electron chi connectivity index (χ2n) is 3.66. The number of primary amides is 1. The summed E-state index contributed by atoms with van der Waals surface area (Å²) >= 11 is 0. The number of carbonyl (C=O) groups excluding carboxylic acids is 1. The van der Waals surface area contributed by atoms with Gasteiger partial charge in [-0.05, 0) is 18.6 Å². The lowest BCUT2D eigenvalue weighted by Gasteiger charge is -2.34. The highest BCUT2D eigenvalue weighted by molar-refractivity contribution is 5.89. The third-order valence-corrected chi connectivity index (χ3v) is 2.53. The zero-order valence-corrected chi connectivity index (χ0v) is 9.04. The molecule has 0 unspecified atom stereocenters. The van der Waals surface area contributed by atoms with Crippen molar-refractivity contribution in [1.29, 1.82) is 0 Å². The number of urea groups is 1. The highest BCUT2D eigenvalue weighted by Crippen LogP contribution is 2.17. The molecule has 0 saturated carbocycles. The Hall–Kier alpha value is -1.81. The van der Waals surface area contributed by atoms with Crippen molar-refractivity contribution in [1.82, 2.24) is 5.01 Å². The number of hydrogen-bond donors (Lipinski definition) is 1. The molecule has 0 aliphatic carbocycles. The van der Waals surface area contributed by atoms with Crippen LogP contribution in [0.5, 0.6) is 0 Å². The van der Waals surface area contributed by atoms with Gasteiger partial charge in [0, 0.05) is 13.1 Å². The second kappa shape index (κ2) is 4.81. The lowest BCUT2D eigenvalue weighted by atomic mass is 10.2. The molecule has 4 heteroatoms. The van der Waals surface area contributed by atoms with Gasteiger partial charge < -0.3 is 5.73 Å². The number of para-hydroxylation sites is 1. The van der Waals surface area contributed by atoms with E-state index in [0.29, 0.717) is 0 Å². The lowest BCUT2D eigenvalue weighted by Crippen LogP contribution is -2.50. The van der Waals surface area contributed by atoms with Gasteiger partial charge in [-0.3, -0.25) is 0 Å². The first-order chi connectivity index (χ1) is 7.79. The van der Waals surface area contributed by atoms with Gasteiger partial charge in [0.25, 0.3) is 0 Å². The fourth-order valence-electron chi connectivity index (χ4n) is 1.81. The third kappa shape index (κ3) is 2.23. The molecule has 1 aliphatic rings. The molecule has 0 radical (unpaired) electrons. The Morgan fingerprint density at radius 1 is 1.25 bits per heavy atom. The van der Waals surface area contributed by atoms with Gasteiger partial charge in [-0.1, -0.05) is 30.4 Å². The SMILES string of the molecule is NC(=O)N(c1ccccc1)N1CC=CCC1. The molecule has 0 fully saturated rings. The van der Waals surface area contributed by atoms with Crippen molar-refractivity contribution < 1.29 is 4.79 Å². The minimum atomic E-state index is -0.443. The summed E-state index contributed by atoms with van der Waals surface area (Å²) < 4.78 is 0. The molecule has 0 atom stereocenters. The molecule has 84 valence electrons. The Morgan fingerprint density at radius 3 is 2.56 bits per heavy atom. The molecule has 0 bridgehead atoms. The van der Waals surface area contributed by atoms with Crippen molar-refractivity contribution in [3.63, 3.8) is 0 Å². The summed E-state index contributed by atoms with van der Waals surface area (Å²) in [6.45, 7) is 1.53. The van der Waals surface area contributed by atoms with Crippen molar-refractivity contribution in [2.45, 2.75) is 6.42 Å². The summed E-state index contributed by atoms with van der Waals surface area (Å²) in [5, 5.41) is 3.47. The van der Waals surface area contributed by atoms with E-state index >= 15 is 0 Å². The van der Waals surface area contributed by atoms with Crippen LogP contribution in [0.15, 0.2) is 42.5 Å². The number of hydrogen-bond acceptors (Lipinski definition) is 2. The Bertz CT molecular complexity index is 389. The van der Waals surface area contributed by atoms with Crippen LogP contribution in [-0.2, 0) is 0 Å². The lowest BCUT2D eigenvalue weighted by molar-refractivity contribution is 0.223. The molecule has 1 aromatic rings. The first-order valence-electron chi connectivity index (χ1n) is 5.33. The number of rotatable bonds is 2. The molecule has 1 heterocycles. The van der Waals surface area contributed by atoms with Crippen LogP contribution < -0.4 is 10.7 Å². The minimum Gasteiger partial charge on any atom is -0.350 e. The normalized spacial score (nSPS) is 16.0. The van der Waals surface area contributed by atoms with E-state index in [2.05, 4.69) is 6.08 Å². The van der Waals surface area contributed by atoms with Crippen LogP contribution in [0.2, 0.25) is 0 Å². The molecule has 16 heavy (non-hydrogen) atoms. The van der Waals surface area contributed by atoms with Gasteiger partial charge in [0.1, 0.15) is 0 Å². The van der Waals surface area contributed by atoms with Crippen molar-refractivity contribution in [3.8, 4) is 0 Å². The van der Waals surface area contributed by atoms with Crippen LogP contribution in [0.3, 0.4) is 0 Å². The molecule has 1 aromatic carbocycles. The number of carbonyl (C=O) groups is 1. The first-order valence-corrected chi connectivity index (χ1v) is 5.33. The molecule has 0 aromatic heterocycles. The molecule has 2 N–H and O–H groups in total. The number of nitrogens with two attached hydrogens (primary N) is 1. The number of anilines is 1. The first kappa shape index (κ1) is 10.7. The van der Waals surface area contributed by atoms with Crippen LogP contribution in [0.1, 0.15) is 6.42 Å².